The normalized spacial score (nSPS) is 33.1. The van der Waals surface area contributed by atoms with Crippen molar-refractivity contribution in [3.8, 4) is 6.07 Å². The summed E-state index contributed by atoms with van der Waals surface area (Å²) in [7, 11) is 1.20. The number of aliphatic hydroxyl groups excluding tert-OH is 1. The standard InChI is InChI=1S/C10H13NO5/c1-16-10(15)6-2-8(12)5(3-9(13)14)7(6)4-11/h5-8,12H,2-3H2,1H3,(H,13,14)/t5-,6-,7-,8?/m0/s1. The van der Waals surface area contributed by atoms with Crippen molar-refractivity contribution in [3.05, 3.63) is 0 Å². The highest BCUT2D eigenvalue weighted by atomic mass is 16.5. The van der Waals surface area contributed by atoms with Crippen molar-refractivity contribution >= 4 is 11.9 Å². The molecule has 16 heavy (non-hydrogen) atoms. The number of carboxylic acid groups (broad SMARTS) is 1. The summed E-state index contributed by atoms with van der Waals surface area (Å²) in [6.45, 7) is 0. The third-order valence-corrected chi connectivity index (χ3v) is 2.95. The third kappa shape index (κ3) is 2.31. The zero-order chi connectivity index (χ0) is 12.3. The highest BCUT2D eigenvalue weighted by Crippen LogP contribution is 2.39. The topological polar surface area (TPSA) is 108 Å². The maximum atomic E-state index is 11.3. The van der Waals surface area contributed by atoms with Crippen LogP contribution in [0.5, 0.6) is 0 Å². The molecule has 1 unspecified atom stereocenters. The van der Waals surface area contributed by atoms with Gasteiger partial charge in [-0.1, -0.05) is 0 Å². The molecule has 0 heterocycles. The molecule has 6 nitrogen and oxygen atoms in total. The van der Waals surface area contributed by atoms with Gasteiger partial charge in [-0.15, -0.1) is 0 Å². The van der Waals surface area contributed by atoms with Crippen LogP contribution in [0.3, 0.4) is 0 Å². The van der Waals surface area contributed by atoms with Crippen LogP contribution in [0.15, 0.2) is 0 Å². The van der Waals surface area contributed by atoms with E-state index in [1.165, 1.54) is 7.11 Å². The number of aliphatic carboxylic acids is 1. The minimum Gasteiger partial charge on any atom is -0.481 e. The van der Waals surface area contributed by atoms with Crippen molar-refractivity contribution < 1.29 is 24.5 Å². The van der Waals surface area contributed by atoms with Crippen LogP contribution in [-0.4, -0.2) is 35.4 Å². The molecule has 1 fully saturated rings. The second-order valence-corrected chi connectivity index (χ2v) is 3.85. The number of rotatable bonds is 3. The third-order valence-electron chi connectivity index (χ3n) is 2.95. The Morgan fingerprint density at radius 1 is 1.56 bits per heavy atom. The van der Waals surface area contributed by atoms with E-state index in [0.29, 0.717) is 0 Å². The molecule has 0 amide bonds. The van der Waals surface area contributed by atoms with E-state index >= 15 is 0 Å². The van der Waals surface area contributed by atoms with Gasteiger partial charge in [-0.25, -0.2) is 0 Å². The lowest BCUT2D eigenvalue weighted by Gasteiger charge is -2.16. The Hall–Kier alpha value is -1.61. The molecule has 0 saturated heterocycles. The molecule has 0 aromatic heterocycles. The molecular formula is C10H13NO5. The van der Waals surface area contributed by atoms with Gasteiger partial charge >= 0.3 is 11.9 Å². The summed E-state index contributed by atoms with van der Waals surface area (Å²) in [4.78, 5) is 21.9. The molecule has 1 rings (SSSR count). The number of ether oxygens (including phenoxy) is 1. The van der Waals surface area contributed by atoms with Gasteiger partial charge in [0.1, 0.15) is 0 Å². The van der Waals surface area contributed by atoms with E-state index in [-0.39, 0.29) is 12.8 Å². The minimum atomic E-state index is -1.09. The van der Waals surface area contributed by atoms with Gasteiger partial charge in [-0.2, -0.15) is 5.26 Å². The van der Waals surface area contributed by atoms with Gasteiger partial charge in [-0.3, -0.25) is 9.59 Å². The van der Waals surface area contributed by atoms with Crippen molar-refractivity contribution in [3.63, 3.8) is 0 Å². The summed E-state index contributed by atoms with van der Waals surface area (Å²) in [5.74, 6) is -3.88. The second-order valence-electron chi connectivity index (χ2n) is 3.85. The van der Waals surface area contributed by atoms with Crippen molar-refractivity contribution in [2.24, 2.45) is 17.8 Å². The number of hydrogen-bond acceptors (Lipinski definition) is 5. The first-order chi connectivity index (χ1) is 7.51. The SMILES string of the molecule is COC(=O)[C@H]1CC(O)[C@@H](CC(=O)O)[C@@H]1C#N. The number of nitriles is 1. The second kappa shape index (κ2) is 4.94. The Labute approximate surface area is 92.4 Å². The Balaban J connectivity index is 2.84. The first-order valence-electron chi connectivity index (χ1n) is 4.88. The van der Waals surface area contributed by atoms with Gasteiger partial charge in [0.05, 0.1) is 37.5 Å². The molecule has 4 atom stereocenters. The zero-order valence-electron chi connectivity index (χ0n) is 8.79. The van der Waals surface area contributed by atoms with Crippen molar-refractivity contribution in [2.45, 2.75) is 18.9 Å². The van der Waals surface area contributed by atoms with Crippen LogP contribution in [0.1, 0.15) is 12.8 Å². The molecule has 6 heteroatoms. The van der Waals surface area contributed by atoms with E-state index in [9.17, 15) is 14.7 Å². The predicted molar refractivity (Wildman–Crippen MR) is 51.0 cm³/mol. The smallest absolute Gasteiger partial charge is 0.310 e. The minimum absolute atomic E-state index is 0.0862. The van der Waals surface area contributed by atoms with E-state index in [1.807, 2.05) is 6.07 Å². The van der Waals surface area contributed by atoms with E-state index in [1.54, 1.807) is 0 Å². The highest BCUT2D eigenvalue weighted by molar-refractivity contribution is 5.74. The van der Waals surface area contributed by atoms with Crippen LogP contribution in [0.4, 0.5) is 0 Å². The number of methoxy groups -OCH3 is 1. The van der Waals surface area contributed by atoms with Gasteiger partial charge in [-0.05, 0) is 6.42 Å². The number of carbonyl (C=O) groups excluding carboxylic acids is 1. The number of aliphatic hydroxyl groups is 1. The molecular weight excluding hydrogens is 214 g/mol. The monoisotopic (exact) mass is 227 g/mol. The van der Waals surface area contributed by atoms with Crippen molar-refractivity contribution in [1.29, 1.82) is 5.26 Å². The first kappa shape index (κ1) is 12.5. The van der Waals surface area contributed by atoms with Crippen molar-refractivity contribution in [2.75, 3.05) is 7.11 Å². The molecule has 1 saturated carbocycles. The van der Waals surface area contributed by atoms with Crippen LogP contribution in [0.2, 0.25) is 0 Å². The summed E-state index contributed by atoms with van der Waals surface area (Å²) in [5, 5.41) is 27.2. The lowest BCUT2D eigenvalue weighted by atomic mass is 9.88. The van der Waals surface area contributed by atoms with Gasteiger partial charge in [0.25, 0.3) is 0 Å². The Kier molecular flexibility index (Phi) is 3.85. The largest absolute Gasteiger partial charge is 0.481 e. The lowest BCUT2D eigenvalue weighted by Crippen LogP contribution is -2.25. The molecule has 2 N–H and O–H groups in total. The van der Waals surface area contributed by atoms with Crippen LogP contribution in [0.25, 0.3) is 0 Å². The highest BCUT2D eigenvalue weighted by Gasteiger charge is 2.47. The average molecular weight is 227 g/mol. The van der Waals surface area contributed by atoms with Gasteiger partial charge in [0.2, 0.25) is 0 Å². The molecule has 0 aliphatic heterocycles. The maximum absolute atomic E-state index is 11.3. The Morgan fingerprint density at radius 3 is 2.62 bits per heavy atom. The number of esters is 1. The predicted octanol–water partition coefficient (Wildman–Crippen LogP) is -0.229. The van der Waals surface area contributed by atoms with Crippen molar-refractivity contribution in [1.82, 2.24) is 0 Å². The fourth-order valence-electron chi connectivity index (χ4n) is 2.16. The van der Waals surface area contributed by atoms with Crippen LogP contribution >= 0.6 is 0 Å². The number of hydrogen-bond donors (Lipinski definition) is 2. The molecule has 1 aliphatic carbocycles. The average Bonchev–Trinajstić information content (AvgIpc) is 2.54. The molecule has 1 aliphatic rings. The van der Waals surface area contributed by atoms with Gasteiger partial charge in [0.15, 0.2) is 0 Å². The lowest BCUT2D eigenvalue weighted by molar-refractivity contribution is -0.147. The summed E-state index contributed by atoms with van der Waals surface area (Å²) in [6, 6.07) is 1.89. The Bertz CT molecular complexity index is 335. The number of carbonyl (C=O) groups is 2. The summed E-state index contributed by atoms with van der Waals surface area (Å²) in [5.41, 5.74) is 0. The number of nitrogens with zero attached hydrogens (tertiary/aromatic N) is 1. The Morgan fingerprint density at radius 2 is 2.19 bits per heavy atom. The van der Waals surface area contributed by atoms with E-state index in [2.05, 4.69) is 4.74 Å². The fraction of sp³-hybridized carbons (Fsp3) is 0.700. The maximum Gasteiger partial charge on any atom is 0.310 e. The van der Waals surface area contributed by atoms with E-state index in [0.717, 1.165) is 0 Å². The van der Waals surface area contributed by atoms with Crippen LogP contribution in [-0.2, 0) is 14.3 Å². The molecule has 0 aromatic carbocycles. The van der Waals surface area contributed by atoms with E-state index < -0.39 is 35.8 Å². The van der Waals surface area contributed by atoms with Crippen LogP contribution < -0.4 is 0 Å². The molecule has 0 aromatic rings. The van der Waals surface area contributed by atoms with Crippen LogP contribution in [0, 0.1) is 29.1 Å². The number of carboxylic acids is 1. The van der Waals surface area contributed by atoms with E-state index in [4.69, 9.17) is 10.4 Å². The molecule has 0 radical (unpaired) electrons. The summed E-state index contributed by atoms with van der Waals surface area (Å²) in [6.07, 6.45) is -1.17. The molecule has 0 bridgehead atoms. The fourth-order valence-corrected chi connectivity index (χ4v) is 2.16. The summed E-state index contributed by atoms with van der Waals surface area (Å²) < 4.78 is 4.52. The quantitative estimate of drug-likeness (QED) is 0.645. The summed E-state index contributed by atoms with van der Waals surface area (Å²) >= 11 is 0. The first-order valence-corrected chi connectivity index (χ1v) is 4.88. The molecule has 0 spiro atoms. The molecule has 88 valence electrons. The van der Waals surface area contributed by atoms with Gasteiger partial charge in [0, 0.05) is 5.92 Å². The van der Waals surface area contributed by atoms with Gasteiger partial charge < -0.3 is 14.9 Å². The zero-order valence-corrected chi connectivity index (χ0v) is 8.79.